The number of ether oxygens (including phenoxy) is 1. The molecule has 1 saturated heterocycles. The van der Waals surface area contributed by atoms with Crippen LogP contribution < -0.4 is 0 Å². The molecule has 0 aliphatic carbocycles. The van der Waals surface area contributed by atoms with E-state index in [4.69, 9.17) is 4.74 Å². The van der Waals surface area contributed by atoms with Gasteiger partial charge < -0.3 is 4.74 Å². The minimum Gasteiger partial charge on any atom is -0.379 e. The van der Waals surface area contributed by atoms with E-state index in [1.54, 1.807) is 12.1 Å². The molecule has 3 heteroatoms. The molecule has 2 nitrogen and oxygen atoms in total. The number of benzene rings is 1. The molecule has 0 spiro atoms. The van der Waals surface area contributed by atoms with E-state index in [1.807, 2.05) is 0 Å². The minimum absolute atomic E-state index is 0.0921. The van der Waals surface area contributed by atoms with Crippen molar-refractivity contribution in [1.29, 1.82) is 0 Å². The van der Waals surface area contributed by atoms with Crippen LogP contribution in [0.5, 0.6) is 0 Å². The van der Waals surface area contributed by atoms with E-state index >= 15 is 0 Å². The van der Waals surface area contributed by atoms with Crippen LogP contribution in [0.1, 0.15) is 11.6 Å². The van der Waals surface area contributed by atoms with Crippen molar-refractivity contribution in [2.45, 2.75) is 6.04 Å². The molecule has 1 aromatic carbocycles. The number of morpholine rings is 1. The second-order valence-corrected chi connectivity index (χ2v) is 3.72. The third-order valence-electron chi connectivity index (χ3n) is 2.74. The summed E-state index contributed by atoms with van der Waals surface area (Å²) in [7, 11) is 0. The van der Waals surface area contributed by atoms with Gasteiger partial charge in [-0.25, -0.2) is 4.39 Å². The zero-order valence-electron chi connectivity index (χ0n) is 8.66. The van der Waals surface area contributed by atoms with E-state index in [1.165, 1.54) is 12.1 Å². The molecule has 2 rings (SSSR count). The van der Waals surface area contributed by atoms with Crippen molar-refractivity contribution < 1.29 is 9.13 Å². The fraction of sp³-hybridized carbons (Fsp3) is 0.417. The van der Waals surface area contributed by atoms with Crippen molar-refractivity contribution in [3.05, 3.63) is 42.6 Å². The lowest BCUT2D eigenvalue weighted by Crippen LogP contribution is -2.38. The summed E-state index contributed by atoms with van der Waals surface area (Å²) in [6, 6.07) is 6.64. The Bertz CT molecular complexity index is 306. The monoisotopic (exact) mass is 208 g/mol. The van der Waals surface area contributed by atoms with Crippen LogP contribution in [0.4, 0.5) is 4.39 Å². The van der Waals surface area contributed by atoms with Crippen molar-refractivity contribution in [3.63, 3.8) is 0 Å². The Labute approximate surface area is 89.7 Å². The Balaban J connectivity index is 2.05. The van der Waals surface area contributed by atoms with Crippen LogP contribution in [0.3, 0.4) is 0 Å². The highest BCUT2D eigenvalue weighted by Gasteiger charge is 2.18. The maximum absolute atomic E-state index is 12.7. The van der Waals surface area contributed by atoms with Crippen LogP contribution in [-0.4, -0.2) is 31.2 Å². The fourth-order valence-electron chi connectivity index (χ4n) is 1.78. The van der Waals surface area contributed by atoms with Gasteiger partial charge in [0, 0.05) is 19.1 Å². The standard InChI is InChI=1S/C12H15FNO/c1-10(14-6-8-15-9-7-14)11-2-4-12(13)5-3-11/h2-5,10H,1,6-9H2. The second-order valence-electron chi connectivity index (χ2n) is 3.72. The molecule has 1 aromatic rings. The molecule has 1 fully saturated rings. The van der Waals surface area contributed by atoms with E-state index in [-0.39, 0.29) is 11.9 Å². The molecule has 0 N–H and O–H groups in total. The van der Waals surface area contributed by atoms with Crippen LogP contribution in [0.2, 0.25) is 0 Å². The normalized spacial score (nSPS) is 20.1. The summed E-state index contributed by atoms with van der Waals surface area (Å²) in [4.78, 5) is 2.25. The van der Waals surface area contributed by atoms with Gasteiger partial charge in [0.25, 0.3) is 0 Å². The second kappa shape index (κ2) is 4.73. The average Bonchev–Trinajstić information content (AvgIpc) is 2.30. The molecule has 15 heavy (non-hydrogen) atoms. The molecule has 0 bridgehead atoms. The van der Waals surface area contributed by atoms with E-state index in [2.05, 4.69) is 11.8 Å². The van der Waals surface area contributed by atoms with Gasteiger partial charge in [0.1, 0.15) is 5.82 Å². The van der Waals surface area contributed by atoms with Crippen molar-refractivity contribution in [2.24, 2.45) is 0 Å². The average molecular weight is 208 g/mol. The SMILES string of the molecule is [CH2]C(c1ccc(F)cc1)N1CCOCC1. The predicted octanol–water partition coefficient (Wildman–Crippen LogP) is 2.03. The molecule has 0 saturated carbocycles. The zero-order chi connectivity index (χ0) is 10.7. The van der Waals surface area contributed by atoms with Gasteiger partial charge in [-0.05, 0) is 24.6 Å². The molecule has 1 heterocycles. The van der Waals surface area contributed by atoms with Crippen molar-refractivity contribution in [2.75, 3.05) is 26.3 Å². The number of halogens is 1. The van der Waals surface area contributed by atoms with Gasteiger partial charge in [-0.2, -0.15) is 0 Å². The Kier molecular flexibility index (Phi) is 3.34. The zero-order valence-corrected chi connectivity index (χ0v) is 8.66. The summed E-state index contributed by atoms with van der Waals surface area (Å²) in [5.41, 5.74) is 1.05. The highest BCUT2D eigenvalue weighted by molar-refractivity contribution is 5.20. The summed E-state index contributed by atoms with van der Waals surface area (Å²) in [5.74, 6) is -0.201. The van der Waals surface area contributed by atoms with Crippen LogP contribution >= 0.6 is 0 Å². The Morgan fingerprint density at radius 2 is 1.80 bits per heavy atom. The molecule has 1 atom stereocenters. The summed E-state index contributed by atoms with van der Waals surface area (Å²) >= 11 is 0. The first-order valence-corrected chi connectivity index (χ1v) is 5.18. The molecule has 81 valence electrons. The number of rotatable bonds is 2. The molecular weight excluding hydrogens is 193 g/mol. The van der Waals surface area contributed by atoms with E-state index < -0.39 is 0 Å². The van der Waals surface area contributed by atoms with Crippen molar-refractivity contribution in [1.82, 2.24) is 4.90 Å². The highest BCUT2D eigenvalue weighted by Crippen LogP contribution is 2.20. The maximum Gasteiger partial charge on any atom is 0.123 e. The van der Waals surface area contributed by atoms with E-state index in [0.717, 1.165) is 31.9 Å². The Morgan fingerprint density at radius 3 is 2.40 bits per heavy atom. The predicted molar refractivity (Wildman–Crippen MR) is 56.9 cm³/mol. The molecule has 1 unspecified atom stereocenters. The Morgan fingerprint density at radius 1 is 1.20 bits per heavy atom. The topological polar surface area (TPSA) is 12.5 Å². The lowest BCUT2D eigenvalue weighted by atomic mass is 10.1. The van der Waals surface area contributed by atoms with Gasteiger partial charge in [0.2, 0.25) is 0 Å². The molecule has 1 aliphatic heterocycles. The Hall–Kier alpha value is -0.930. The summed E-state index contributed by atoms with van der Waals surface area (Å²) in [6.07, 6.45) is 0. The summed E-state index contributed by atoms with van der Waals surface area (Å²) in [6.45, 7) is 7.41. The first kappa shape index (κ1) is 10.6. The fourth-order valence-corrected chi connectivity index (χ4v) is 1.78. The molecule has 0 amide bonds. The molecule has 1 aliphatic rings. The molecular formula is C12H15FNO. The third-order valence-corrected chi connectivity index (χ3v) is 2.74. The van der Waals surface area contributed by atoms with Gasteiger partial charge in [0.15, 0.2) is 0 Å². The van der Waals surface area contributed by atoms with Gasteiger partial charge >= 0.3 is 0 Å². The lowest BCUT2D eigenvalue weighted by molar-refractivity contribution is 0.0248. The van der Waals surface area contributed by atoms with Crippen molar-refractivity contribution >= 4 is 0 Å². The van der Waals surface area contributed by atoms with Crippen LogP contribution in [-0.2, 0) is 4.74 Å². The maximum atomic E-state index is 12.7. The van der Waals surface area contributed by atoms with Crippen LogP contribution in [0.15, 0.2) is 24.3 Å². The number of hydrogen-bond donors (Lipinski definition) is 0. The first-order chi connectivity index (χ1) is 7.27. The van der Waals surface area contributed by atoms with E-state index in [9.17, 15) is 4.39 Å². The number of nitrogens with zero attached hydrogens (tertiary/aromatic N) is 1. The van der Waals surface area contributed by atoms with Gasteiger partial charge in [-0.1, -0.05) is 12.1 Å². The smallest absolute Gasteiger partial charge is 0.123 e. The van der Waals surface area contributed by atoms with Crippen LogP contribution in [0.25, 0.3) is 0 Å². The number of hydrogen-bond acceptors (Lipinski definition) is 2. The summed E-state index contributed by atoms with van der Waals surface area (Å²) < 4.78 is 18.0. The van der Waals surface area contributed by atoms with Gasteiger partial charge in [-0.3, -0.25) is 4.90 Å². The van der Waals surface area contributed by atoms with Crippen LogP contribution in [0, 0.1) is 12.7 Å². The lowest BCUT2D eigenvalue weighted by Gasteiger charge is -2.32. The third kappa shape index (κ3) is 2.55. The molecule has 0 aromatic heterocycles. The van der Waals surface area contributed by atoms with Crippen molar-refractivity contribution in [3.8, 4) is 0 Å². The largest absolute Gasteiger partial charge is 0.379 e. The van der Waals surface area contributed by atoms with E-state index in [0.29, 0.717) is 0 Å². The van der Waals surface area contributed by atoms with Gasteiger partial charge in [0.05, 0.1) is 13.2 Å². The first-order valence-electron chi connectivity index (χ1n) is 5.18. The summed E-state index contributed by atoms with van der Waals surface area (Å²) in [5, 5.41) is 0. The highest BCUT2D eigenvalue weighted by atomic mass is 19.1. The molecule has 1 radical (unpaired) electrons. The van der Waals surface area contributed by atoms with Gasteiger partial charge in [-0.15, -0.1) is 0 Å². The quantitative estimate of drug-likeness (QED) is 0.737. The minimum atomic E-state index is -0.201.